The Morgan fingerprint density at radius 2 is 1.21 bits per heavy atom. The molecule has 2 N–H and O–H groups in total. The van der Waals surface area contributed by atoms with E-state index in [-0.39, 0.29) is 0 Å². The van der Waals surface area contributed by atoms with Gasteiger partial charge in [-0.25, -0.2) is 0 Å². The fourth-order valence-corrected chi connectivity index (χ4v) is 7.82. The van der Waals surface area contributed by atoms with Gasteiger partial charge in [-0.1, -0.05) is 0 Å². The molecule has 7 aromatic carbocycles. The molecule has 206 valence electrons. The second-order valence-corrected chi connectivity index (χ2v) is 12.6. The summed E-state index contributed by atoms with van der Waals surface area (Å²) >= 11 is -0.820. The minimum atomic E-state index is -0.820. The molecule has 0 atom stereocenters. The monoisotopic (exact) mass is 666 g/mol. The van der Waals surface area contributed by atoms with E-state index in [4.69, 9.17) is 18.3 Å². The number of rotatable bonds is 4. The molecule has 0 unspecified atom stereocenters. The molecule has 0 saturated carbocycles. The second-order valence-electron chi connectivity index (χ2n) is 10.5. The molecule has 1 aromatic heterocycles. The zero-order valence-electron chi connectivity index (χ0n) is 23.0. The third-order valence-electron chi connectivity index (χ3n) is 7.86. The van der Waals surface area contributed by atoms with Gasteiger partial charge in [-0.15, -0.1) is 0 Å². The number of para-hydroxylation sites is 1. The van der Waals surface area contributed by atoms with Crippen LogP contribution in [0.3, 0.4) is 0 Å². The van der Waals surface area contributed by atoms with Gasteiger partial charge in [-0.3, -0.25) is 0 Å². The van der Waals surface area contributed by atoms with Crippen molar-refractivity contribution in [1.29, 1.82) is 0 Å². The van der Waals surface area contributed by atoms with Crippen molar-refractivity contribution in [3.8, 4) is 0 Å². The molecule has 0 radical (unpaired) electrons. The Balaban J connectivity index is 1.27. The van der Waals surface area contributed by atoms with E-state index in [1.807, 2.05) is 60.7 Å². The Morgan fingerprint density at radius 3 is 2.07 bits per heavy atom. The first-order chi connectivity index (χ1) is 21.2. The fourth-order valence-electron chi connectivity index (χ4n) is 5.78. The topological polar surface area (TPSA) is 63.9 Å². The Bertz CT molecular complexity index is 2390. The maximum atomic E-state index is 6.56. The molecule has 0 bridgehead atoms. The van der Waals surface area contributed by atoms with Gasteiger partial charge in [0, 0.05) is 0 Å². The molecule has 4 nitrogen and oxygen atoms in total. The van der Waals surface area contributed by atoms with E-state index in [2.05, 4.69) is 78.9 Å². The standard InChI is InChI=1S/C38H25IN3O/c40-37(25-10-2-1-3-11-25)41-38(42-39-33-14-8-16-35-36(33)32-13-6-7-15-34(32)43-35)27-19-20-29-26(23-27)18-22-30-28-12-5-4-9-24(28)17-21-31(29)30/h1-23H,(H2,40,41,42)/q-1. The van der Waals surface area contributed by atoms with Crippen molar-refractivity contribution in [2.24, 2.45) is 13.9 Å². The van der Waals surface area contributed by atoms with Crippen LogP contribution in [0.25, 0.3) is 54.3 Å². The van der Waals surface area contributed by atoms with Crippen LogP contribution in [-0.2, 0) is 0 Å². The number of benzene rings is 7. The van der Waals surface area contributed by atoms with Crippen LogP contribution in [0.5, 0.6) is 0 Å². The van der Waals surface area contributed by atoms with E-state index in [0.717, 1.165) is 38.5 Å². The first-order valence-corrected chi connectivity index (χ1v) is 16.1. The number of nitrogens with zero attached hydrogens (tertiary/aromatic N) is 2. The minimum absolute atomic E-state index is 0.445. The number of aliphatic imine (C=N–C) groups is 1. The number of fused-ring (bicyclic) bond motifs is 8. The van der Waals surface area contributed by atoms with Crippen LogP contribution in [0.4, 0.5) is 0 Å². The van der Waals surface area contributed by atoms with Gasteiger partial charge in [0.05, 0.1) is 0 Å². The van der Waals surface area contributed by atoms with Crippen molar-refractivity contribution in [2.75, 3.05) is 0 Å². The quantitative estimate of drug-likeness (QED) is 0.107. The molecule has 0 aliphatic heterocycles. The van der Waals surface area contributed by atoms with Crippen LogP contribution in [-0.4, -0.2) is 11.7 Å². The average molecular weight is 667 g/mol. The van der Waals surface area contributed by atoms with Crippen LogP contribution in [0.1, 0.15) is 11.1 Å². The maximum absolute atomic E-state index is 6.56. The molecule has 1 heterocycles. The normalized spacial score (nSPS) is 12.7. The van der Waals surface area contributed by atoms with E-state index < -0.39 is 21.5 Å². The number of amidine groups is 2. The Hall–Kier alpha value is -5.01. The predicted octanol–water partition coefficient (Wildman–Crippen LogP) is 6.07. The summed E-state index contributed by atoms with van der Waals surface area (Å²) in [6, 6.07) is 48.1. The molecule has 0 fully saturated rings. The Kier molecular flexibility index (Phi) is 6.38. The van der Waals surface area contributed by atoms with Gasteiger partial charge in [-0.05, 0) is 0 Å². The summed E-state index contributed by atoms with van der Waals surface area (Å²) < 4.78 is 12.5. The van der Waals surface area contributed by atoms with Crippen molar-refractivity contribution in [1.82, 2.24) is 0 Å². The van der Waals surface area contributed by atoms with E-state index in [1.165, 1.54) is 30.5 Å². The van der Waals surface area contributed by atoms with Gasteiger partial charge >= 0.3 is 260 Å². The number of furan rings is 1. The van der Waals surface area contributed by atoms with Crippen LogP contribution in [0.2, 0.25) is 0 Å². The first kappa shape index (κ1) is 25.7. The van der Waals surface area contributed by atoms with Crippen molar-refractivity contribution in [3.63, 3.8) is 0 Å². The van der Waals surface area contributed by atoms with E-state index in [0.29, 0.717) is 11.7 Å². The van der Waals surface area contributed by atoms with Crippen LogP contribution >= 0.6 is 0 Å². The molecule has 0 amide bonds. The summed E-state index contributed by atoms with van der Waals surface area (Å²) in [5.41, 5.74) is 10.1. The zero-order valence-corrected chi connectivity index (χ0v) is 25.2. The van der Waals surface area contributed by atoms with Gasteiger partial charge in [0.1, 0.15) is 0 Å². The van der Waals surface area contributed by atoms with Gasteiger partial charge in [0.15, 0.2) is 0 Å². The first-order valence-electron chi connectivity index (χ1n) is 14.1. The third-order valence-corrected chi connectivity index (χ3v) is 9.98. The summed E-state index contributed by atoms with van der Waals surface area (Å²) in [5, 5.41) is 9.59. The summed E-state index contributed by atoms with van der Waals surface area (Å²) in [4.78, 5) is 4.92. The number of hydrogen-bond donors (Lipinski definition) is 1. The summed E-state index contributed by atoms with van der Waals surface area (Å²) in [6.45, 7) is 0. The molecule has 0 aliphatic carbocycles. The van der Waals surface area contributed by atoms with E-state index in [9.17, 15) is 0 Å². The van der Waals surface area contributed by atoms with Crippen molar-refractivity contribution in [2.45, 2.75) is 0 Å². The summed E-state index contributed by atoms with van der Waals surface area (Å²) in [5.74, 6) is 1.08. The third kappa shape index (κ3) is 4.62. The molecular weight excluding hydrogens is 641 g/mol. The summed E-state index contributed by atoms with van der Waals surface area (Å²) in [6.07, 6.45) is 0. The Labute approximate surface area is 258 Å². The predicted molar refractivity (Wildman–Crippen MR) is 175 cm³/mol. The van der Waals surface area contributed by atoms with Gasteiger partial charge < -0.3 is 0 Å². The molecule has 0 spiro atoms. The number of hydrogen-bond acceptors (Lipinski definition) is 2. The zero-order chi connectivity index (χ0) is 28.8. The molecule has 8 rings (SSSR count). The van der Waals surface area contributed by atoms with Crippen molar-refractivity contribution in [3.05, 3.63) is 154 Å². The van der Waals surface area contributed by atoms with Crippen LogP contribution in [0, 0.1) is 3.57 Å². The molecule has 0 aliphatic rings. The fraction of sp³-hybridized carbons (Fsp3) is 0. The average Bonchev–Trinajstić information content (AvgIpc) is 3.46. The molecule has 0 saturated heterocycles. The van der Waals surface area contributed by atoms with Gasteiger partial charge in [-0.2, -0.15) is 0 Å². The van der Waals surface area contributed by atoms with Gasteiger partial charge in [0.25, 0.3) is 0 Å². The molecule has 5 heteroatoms. The summed E-state index contributed by atoms with van der Waals surface area (Å²) in [7, 11) is 0. The number of nitrogens with two attached hydrogens (primary N) is 1. The van der Waals surface area contributed by atoms with E-state index >= 15 is 0 Å². The van der Waals surface area contributed by atoms with Crippen molar-refractivity contribution >= 4 is 65.9 Å². The van der Waals surface area contributed by atoms with E-state index in [1.54, 1.807) is 0 Å². The van der Waals surface area contributed by atoms with Gasteiger partial charge in [0.2, 0.25) is 0 Å². The second kappa shape index (κ2) is 10.7. The van der Waals surface area contributed by atoms with Crippen LogP contribution in [0.15, 0.2) is 152 Å². The SMILES string of the molecule is NC(=NC(=N[I-]c1cccc2oc3ccccc3c12)c1ccc2c(ccc3c4ccccc4ccc23)c1)c1ccccc1. The molecular formula is C38H25IN3O-. The molecule has 43 heavy (non-hydrogen) atoms. The van der Waals surface area contributed by atoms with Crippen molar-refractivity contribution < 1.29 is 25.9 Å². The Morgan fingerprint density at radius 1 is 0.535 bits per heavy atom. The van der Waals surface area contributed by atoms with Crippen LogP contribution < -0.4 is 27.2 Å². The molecule has 8 aromatic rings. The number of halogens is 1.